The molecule has 1 aliphatic heterocycles. The van der Waals surface area contributed by atoms with Gasteiger partial charge in [0.25, 0.3) is 0 Å². The summed E-state index contributed by atoms with van der Waals surface area (Å²) in [6.07, 6.45) is 2.53. The van der Waals surface area contributed by atoms with E-state index in [1.54, 1.807) is 0 Å². The third-order valence-corrected chi connectivity index (χ3v) is 4.16. The highest BCUT2D eigenvalue weighted by Gasteiger charge is 2.25. The second-order valence-electron chi connectivity index (χ2n) is 5.78. The molecule has 3 rings (SSSR count). The summed E-state index contributed by atoms with van der Waals surface area (Å²) in [5.74, 6) is 0. The fourth-order valence-electron chi connectivity index (χ4n) is 3.11. The van der Waals surface area contributed by atoms with Crippen LogP contribution in [0.4, 0.5) is 5.69 Å². The highest BCUT2D eigenvalue weighted by molar-refractivity contribution is 5.40. The van der Waals surface area contributed by atoms with Gasteiger partial charge in [0.1, 0.15) is 0 Å². The summed E-state index contributed by atoms with van der Waals surface area (Å²) in [6.45, 7) is 4.31. The van der Waals surface area contributed by atoms with E-state index in [-0.39, 0.29) is 0 Å². The standard InChI is InChI=1S/C18H22N2/c1-14-7-9-16(10-8-14)18-6-3-11-20(18)13-15-4-2-5-17(19)12-15/h2,4-5,7-10,12,18H,3,6,11,13,19H2,1H3. The summed E-state index contributed by atoms with van der Waals surface area (Å²) >= 11 is 0. The van der Waals surface area contributed by atoms with E-state index in [1.165, 1.54) is 36.1 Å². The number of anilines is 1. The Labute approximate surface area is 121 Å². The van der Waals surface area contributed by atoms with Crippen LogP contribution in [-0.4, -0.2) is 11.4 Å². The Hall–Kier alpha value is -1.80. The molecule has 0 aromatic heterocycles. The van der Waals surface area contributed by atoms with Crippen LogP contribution in [0.1, 0.15) is 35.6 Å². The van der Waals surface area contributed by atoms with Crippen molar-refractivity contribution in [1.29, 1.82) is 0 Å². The molecular formula is C18H22N2. The van der Waals surface area contributed by atoms with Crippen LogP contribution >= 0.6 is 0 Å². The van der Waals surface area contributed by atoms with Crippen LogP contribution in [0.5, 0.6) is 0 Å². The predicted octanol–water partition coefficient (Wildman–Crippen LogP) is 3.91. The van der Waals surface area contributed by atoms with Gasteiger partial charge in [0.2, 0.25) is 0 Å². The van der Waals surface area contributed by atoms with Gasteiger partial charge in [-0.05, 0) is 49.6 Å². The Bertz CT molecular complexity index is 574. The molecule has 1 heterocycles. The lowest BCUT2D eigenvalue weighted by atomic mass is 10.0. The molecule has 2 aromatic rings. The zero-order chi connectivity index (χ0) is 13.9. The first-order valence-electron chi connectivity index (χ1n) is 7.37. The van der Waals surface area contributed by atoms with E-state index in [9.17, 15) is 0 Å². The molecule has 2 N–H and O–H groups in total. The third-order valence-electron chi connectivity index (χ3n) is 4.16. The van der Waals surface area contributed by atoms with E-state index in [4.69, 9.17) is 5.73 Å². The summed E-state index contributed by atoms with van der Waals surface area (Å²) in [7, 11) is 0. The highest BCUT2D eigenvalue weighted by Crippen LogP contribution is 2.33. The first-order chi connectivity index (χ1) is 9.72. The third kappa shape index (κ3) is 2.86. The number of nitrogens with two attached hydrogens (primary N) is 1. The molecule has 104 valence electrons. The summed E-state index contributed by atoms with van der Waals surface area (Å²) < 4.78 is 0. The van der Waals surface area contributed by atoms with Gasteiger partial charge in [-0.3, -0.25) is 4.90 Å². The van der Waals surface area contributed by atoms with Crippen LogP contribution in [-0.2, 0) is 6.54 Å². The molecule has 0 radical (unpaired) electrons. The van der Waals surface area contributed by atoms with Crippen LogP contribution < -0.4 is 5.73 Å². The summed E-state index contributed by atoms with van der Waals surface area (Å²) in [5, 5.41) is 0. The maximum Gasteiger partial charge on any atom is 0.0352 e. The molecule has 0 saturated carbocycles. The number of hydrogen-bond acceptors (Lipinski definition) is 2. The number of nitrogens with zero attached hydrogens (tertiary/aromatic N) is 1. The zero-order valence-corrected chi connectivity index (χ0v) is 12.0. The van der Waals surface area contributed by atoms with E-state index in [0.717, 1.165) is 12.2 Å². The van der Waals surface area contributed by atoms with Crippen molar-refractivity contribution in [1.82, 2.24) is 4.90 Å². The minimum atomic E-state index is 0.553. The molecule has 0 bridgehead atoms. The molecule has 1 aliphatic rings. The monoisotopic (exact) mass is 266 g/mol. The van der Waals surface area contributed by atoms with E-state index in [0.29, 0.717) is 6.04 Å². The second kappa shape index (κ2) is 5.68. The largest absolute Gasteiger partial charge is 0.399 e. The fraction of sp³-hybridized carbons (Fsp3) is 0.333. The van der Waals surface area contributed by atoms with E-state index in [2.05, 4.69) is 48.2 Å². The number of benzene rings is 2. The van der Waals surface area contributed by atoms with Gasteiger partial charge in [0, 0.05) is 18.3 Å². The SMILES string of the molecule is Cc1ccc(C2CCCN2Cc2cccc(N)c2)cc1. The van der Waals surface area contributed by atoms with Crippen LogP contribution in [0.15, 0.2) is 48.5 Å². The van der Waals surface area contributed by atoms with Crippen LogP contribution in [0.3, 0.4) is 0 Å². The van der Waals surface area contributed by atoms with Crippen molar-refractivity contribution in [3.63, 3.8) is 0 Å². The zero-order valence-electron chi connectivity index (χ0n) is 12.0. The maximum absolute atomic E-state index is 5.88. The number of aryl methyl sites for hydroxylation is 1. The maximum atomic E-state index is 5.88. The molecule has 0 spiro atoms. The Morgan fingerprint density at radius 2 is 1.95 bits per heavy atom. The molecule has 1 fully saturated rings. The minimum absolute atomic E-state index is 0.553. The van der Waals surface area contributed by atoms with E-state index in [1.807, 2.05) is 12.1 Å². The average Bonchev–Trinajstić information content (AvgIpc) is 2.88. The first-order valence-corrected chi connectivity index (χ1v) is 7.37. The quantitative estimate of drug-likeness (QED) is 0.853. The lowest BCUT2D eigenvalue weighted by Gasteiger charge is -2.25. The molecule has 1 unspecified atom stereocenters. The van der Waals surface area contributed by atoms with Gasteiger partial charge in [-0.15, -0.1) is 0 Å². The van der Waals surface area contributed by atoms with Gasteiger partial charge in [-0.25, -0.2) is 0 Å². The Morgan fingerprint density at radius 3 is 2.70 bits per heavy atom. The van der Waals surface area contributed by atoms with Crippen molar-refractivity contribution in [2.45, 2.75) is 32.4 Å². The first kappa shape index (κ1) is 13.2. The lowest BCUT2D eigenvalue weighted by molar-refractivity contribution is 0.248. The molecule has 1 saturated heterocycles. The van der Waals surface area contributed by atoms with Crippen LogP contribution in [0, 0.1) is 6.92 Å². The highest BCUT2D eigenvalue weighted by atomic mass is 15.2. The predicted molar refractivity (Wildman–Crippen MR) is 84.4 cm³/mol. The molecule has 0 aliphatic carbocycles. The van der Waals surface area contributed by atoms with Gasteiger partial charge in [-0.1, -0.05) is 42.0 Å². The van der Waals surface area contributed by atoms with Crippen molar-refractivity contribution >= 4 is 5.69 Å². The van der Waals surface area contributed by atoms with Crippen molar-refractivity contribution in [3.8, 4) is 0 Å². The molecule has 0 amide bonds. The van der Waals surface area contributed by atoms with Crippen LogP contribution in [0.25, 0.3) is 0 Å². The molecule has 1 atom stereocenters. The minimum Gasteiger partial charge on any atom is -0.399 e. The number of nitrogen functional groups attached to an aromatic ring is 1. The molecular weight excluding hydrogens is 244 g/mol. The van der Waals surface area contributed by atoms with Crippen molar-refractivity contribution < 1.29 is 0 Å². The number of rotatable bonds is 3. The Kier molecular flexibility index (Phi) is 3.75. The topological polar surface area (TPSA) is 29.3 Å². The summed E-state index contributed by atoms with van der Waals surface area (Å²) in [5.41, 5.74) is 10.8. The van der Waals surface area contributed by atoms with Crippen molar-refractivity contribution in [2.24, 2.45) is 0 Å². The Morgan fingerprint density at radius 1 is 1.15 bits per heavy atom. The van der Waals surface area contributed by atoms with E-state index >= 15 is 0 Å². The molecule has 2 nitrogen and oxygen atoms in total. The van der Waals surface area contributed by atoms with Gasteiger partial charge >= 0.3 is 0 Å². The Balaban J connectivity index is 1.77. The summed E-state index contributed by atoms with van der Waals surface area (Å²) in [6, 6.07) is 17.8. The van der Waals surface area contributed by atoms with Crippen molar-refractivity contribution in [2.75, 3.05) is 12.3 Å². The van der Waals surface area contributed by atoms with Gasteiger partial charge < -0.3 is 5.73 Å². The normalized spacial score (nSPS) is 19.4. The van der Waals surface area contributed by atoms with Gasteiger partial charge in [-0.2, -0.15) is 0 Å². The van der Waals surface area contributed by atoms with Crippen LogP contribution in [0.2, 0.25) is 0 Å². The summed E-state index contributed by atoms with van der Waals surface area (Å²) in [4.78, 5) is 2.57. The van der Waals surface area contributed by atoms with Gasteiger partial charge in [0.15, 0.2) is 0 Å². The second-order valence-corrected chi connectivity index (χ2v) is 5.78. The van der Waals surface area contributed by atoms with Crippen molar-refractivity contribution in [3.05, 3.63) is 65.2 Å². The van der Waals surface area contributed by atoms with Gasteiger partial charge in [0.05, 0.1) is 0 Å². The number of likely N-dealkylation sites (tertiary alicyclic amines) is 1. The smallest absolute Gasteiger partial charge is 0.0352 e. The van der Waals surface area contributed by atoms with E-state index < -0.39 is 0 Å². The average molecular weight is 266 g/mol. The fourth-order valence-corrected chi connectivity index (χ4v) is 3.11. The lowest BCUT2D eigenvalue weighted by Crippen LogP contribution is -2.22. The molecule has 20 heavy (non-hydrogen) atoms. The molecule has 2 heteroatoms. The molecule has 2 aromatic carbocycles. The number of hydrogen-bond donors (Lipinski definition) is 1.